The molecule has 1 aliphatic heterocycles. The lowest BCUT2D eigenvalue weighted by molar-refractivity contribution is -0.119. The van der Waals surface area contributed by atoms with Crippen LogP contribution in [0.2, 0.25) is 0 Å². The summed E-state index contributed by atoms with van der Waals surface area (Å²) < 4.78 is 11.5. The number of oxazole rings is 1. The largest absolute Gasteiger partial charge is 0.496 e. The zero-order valence-electron chi connectivity index (χ0n) is 16.5. The predicted octanol–water partition coefficient (Wildman–Crippen LogP) is 3.52. The van der Waals surface area contributed by atoms with Crippen molar-refractivity contribution in [3.8, 4) is 17.2 Å². The molecular weight excluding hydrogens is 354 g/mol. The lowest BCUT2D eigenvalue weighted by atomic mass is 10.0. The smallest absolute Gasteiger partial charge is 0.227 e. The van der Waals surface area contributed by atoms with Crippen molar-refractivity contribution < 1.29 is 13.9 Å². The van der Waals surface area contributed by atoms with Crippen molar-refractivity contribution in [2.75, 3.05) is 20.2 Å². The van der Waals surface area contributed by atoms with E-state index in [4.69, 9.17) is 14.1 Å². The van der Waals surface area contributed by atoms with Gasteiger partial charge in [0.2, 0.25) is 11.8 Å². The Kier molecular flexibility index (Phi) is 5.05. The van der Waals surface area contributed by atoms with E-state index in [-0.39, 0.29) is 11.9 Å². The van der Waals surface area contributed by atoms with Gasteiger partial charge in [0.25, 0.3) is 0 Å². The summed E-state index contributed by atoms with van der Waals surface area (Å²) in [6, 6.07) is 12.3. The van der Waals surface area contributed by atoms with E-state index in [1.807, 2.05) is 37.3 Å². The molecule has 28 heavy (non-hydrogen) atoms. The molecule has 1 N–H and O–H groups in total. The molecule has 0 aliphatic carbocycles. The van der Waals surface area contributed by atoms with Crippen LogP contribution in [0.5, 0.6) is 5.75 Å². The number of carbonyl (C=O) groups excluding carboxylic acids is 1. The van der Waals surface area contributed by atoms with Gasteiger partial charge in [-0.2, -0.15) is 0 Å². The Morgan fingerprint density at radius 3 is 2.82 bits per heavy atom. The molecule has 1 atom stereocenters. The molecule has 0 spiro atoms. The van der Waals surface area contributed by atoms with E-state index in [1.54, 1.807) is 14.0 Å². The SMILES string of the molecule is COc1ccc(-c2nc(CN3CCC(NC(C)=O)C3)c(C)o2)c2ccccc12. The summed E-state index contributed by atoms with van der Waals surface area (Å²) in [6.07, 6.45) is 0.965. The van der Waals surface area contributed by atoms with Gasteiger partial charge in [-0.05, 0) is 30.9 Å². The van der Waals surface area contributed by atoms with Gasteiger partial charge in [0, 0.05) is 43.5 Å². The number of likely N-dealkylation sites (tertiary alicyclic amines) is 1. The number of rotatable bonds is 5. The quantitative estimate of drug-likeness (QED) is 0.735. The molecular formula is C22H25N3O3. The molecule has 6 heteroatoms. The number of aryl methyl sites for hydroxylation is 1. The van der Waals surface area contributed by atoms with E-state index >= 15 is 0 Å². The molecule has 4 rings (SSSR count). The number of nitrogens with zero attached hydrogens (tertiary/aromatic N) is 2. The monoisotopic (exact) mass is 379 g/mol. The second-order valence-electron chi connectivity index (χ2n) is 7.30. The van der Waals surface area contributed by atoms with Crippen LogP contribution in [-0.4, -0.2) is 42.0 Å². The highest BCUT2D eigenvalue weighted by molar-refractivity contribution is 5.98. The van der Waals surface area contributed by atoms with Gasteiger partial charge in [-0.3, -0.25) is 9.69 Å². The number of hydrogen-bond acceptors (Lipinski definition) is 5. The zero-order chi connectivity index (χ0) is 19.7. The average molecular weight is 379 g/mol. The fraction of sp³-hybridized carbons (Fsp3) is 0.364. The molecule has 0 radical (unpaired) electrons. The number of methoxy groups -OCH3 is 1. The normalized spacial score (nSPS) is 17.2. The minimum Gasteiger partial charge on any atom is -0.496 e. The Balaban J connectivity index is 1.59. The van der Waals surface area contributed by atoms with E-state index in [1.165, 1.54) is 0 Å². The number of nitrogens with one attached hydrogen (secondary N) is 1. The summed E-state index contributed by atoms with van der Waals surface area (Å²) in [6.45, 7) is 6.03. The second-order valence-corrected chi connectivity index (χ2v) is 7.30. The van der Waals surface area contributed by atoms with Crippen LogP contribution in [0, 0.1) is 6.92 Å². The van der Waals surface area contributed by atoms with Crippen LogP contribution in [-0.2, 0) is 11.3 Å². The molecule has 0 saturated carbocycles. The van der Waals surface area contributed by atoms with Crippen LogP contribution >= 0.6 is 0 Å². The van der Waals surface area contributed by atoms with E-state index in [0.717, 1.165) is 59.6 Å². The summed E-state index contributed by atoms with van der Waals surface area (Å²) in [5, 5.41) is 5.09. The molecule has 3 aromatic rings. The Bertz CT molecular complexity index is 1010. The minimum atomic E-state index is 0.0261. The minimum absolute atomic E-state index is 0.0261. The van der Waals surface area contributed by atoms with Crippen LogP contribution in [0.25, 0.3) is 22.2 Å². The molecule has 6 nitrogen and oxygen atoms in total. The van der Waals surface area contributed by atoms with Crippen LogP contribution in [0.3, 0.4) is 0 Å². The van der Waals surface area contributed by atoms with Crippen molar-refractivity contribution in [3.05, 3.63) is 47.9 Å². The number of hydrogen-bond donors (Lipinski definition) is 1. The summed E-state index contributed by atoms with van der Waals surface area (Å²) in [7, 11) is 1.68. The van der Waals surface area contributed by atoms with Crippen molar-refractivity contribution in [3.63, 3.8) is 0 Å². The molecule has 146 valence electrons. The van der Waals surface area contributed by atoms with E-state index in [9.17, 15) is 4.79 Å². The van der Waals surface area contributed by atoms with Crippen molar-refractivity contribution in [1.82, 2.24) is 15.2 Å². The average Bonchev–Trinajstić information content (AvgIpc) is 3.27. The molecule has 1 aliphatic rings. The third-order valence-electron chi connectivity index (χ3n) is 5.28. The lowest BCUT2D eigenvalue weighted by Gasteiger charge is -2.15. The third kappa shape index (κ3) is 3.60. The fourth-order valence-electron chi connectivity index (χ4n) is 3.92. The lowest BCUT2D eigenvalue weighted by Crippen LogP contribution is -2.35. The van der Waals surface area contributed by atoms with Gasteiger partial charge in [0.1, 0.15) is 11.5 Å². The van der Waals surface area contributed by atoms with Gasteiger partial charge in [0.05, 0.1) is 12.8 Å². The number of fused-ring (bicyclic) bond motifs is 1. The molecule has 2 aromatic carbocycles. The Labute approximate surface area is 164 Å². The number of benzene rings is 2. The first-order valence-electron chi connectivity index (χ1n) is 9.57. The van der Waals surface area contributed by atoms with E-state index in [2.05, 4.69) is 16.3 Å². The third-order valence-corrected chi connectivity index (χ3v) is 5.28. The van der Waals surface area contributed by atoms with Gasteiger partial charge in [0.15, 0.2) is 0 Å². The van der Waals surface area contributed by atoms with Gasteiger partial charge in [-0.1, -0.05) is 24.3 Å². The number of amides is 1. The zero-order valence-corrected chi connectivity index (χ0v) is 16.5. The molecule has 2 heterocycles. The Morgan fingerprint density at radius 1 is 1.29 bits per heavy atom. The highest BCUT2D eigenvalue weighted by Crippen LogP contribution is 2.34. The first-order chi connectivity index (χ1) is 13.5. The van der Waals surface area contributed by atoms with Gasteiger partial charge < -0.3 is 14.5 Å². The summed E-state index contributed by atoms with van der Waals surface area (Å²) in [5.74, 6) is 2.32. The van der Waals surface area contributed by atoms with Gasteiger partial charge >= 0.3 is 0 Å². The molecule has 1 saturated heterocycles. The highest BCUT2D eigenvalue weighted by Gasteiger charge is 2.25. The van der Waals surface area contributed by atoms with Crippen molar-refractivity contribution in [2.45, 2.75) is 32.9 Å². The van der Waals surface area contributed by atoms with Crippen molar-refractivity contribution in [2.24, 2.45) is 0 Å². The maximum atomic E-state index is 11.3. The molecule has 1 unspecified atom stereocenters. The molecule has 1 fully saturated rings. The maximum Gasteiger partial charge on any atom is 0.227 e. The van der Waals surface area contributed by atoms with Crippen LogP contribution < -0.4 is 10.1 Å². The first kappa shape index (κ1) is 18.5. The standard InChI is InChI=1S/C22H25N3O3/c1-14-20(13-25-11-10-16(12-25)23-15(2)26)24-22(28-14)19-8-9-21(27-3)18-7-5-4-6-17(18)19/h4-9,16H,10-13H2,1-3H3,(H,23,26). The fourth-order valence-corrected chi connectivity index (χ4v) is 3.92. The second kappa shape index (κ2) is 7.64. The Morgan fingerprint density at radius 2 is 2.07 bits per heavy atom. The van der Waals surface area contributed by atoms with Crippen molar-refractivity contribution in [1.29, 1.82) is 0 Å². The Hall–Kier alpha value is -2.86. The van der Waals surface area contributed by atoms with Gasteiger partial charge in [-0.25, -0.2) is 4.98 Å². The molecule has 0 bridgehead atoms. The number of aromatic nitrogens is 1. The first-order valence-corrected chi connectivity index (χ1v) is 9.57. The molecule has 1 amide bonds. The van der Waals surface area contributed by atoms with E-state index in [0.29, 0.717) is 5.89 Å². The number of ether oxygens (including phenoxy) is 1. The van der Waals surface area contributed by atoms with Crippen LogP contribution in [0.1, 0.15) is 24.8 Å². The predicted molar refractivity (Wildman–Crippen MR) is 108 cm³/mol. The van der Waals surface area contributed by atoms with Crippen LogP contribution in [0.4, 0.5) is 0 Å². The van der Waals surface area contributed by atoms with E-state index < -0.39 is 0 Å². The van der Waals surface area contributed by atoms with Crippen LogP contribution in [0.15, 0.2) is 40.8 Å². The van der Waals surface area contributed by atoms with Gasteiger partial charge in [-0.15, -0.1) is 0 Å². The van der Waals surface area contributed by atoms with Crippen molar-refractivity contribution >= 4 is 16.7 Å². The summed E-state index contributed by atoms with van der Waals surface area (Å²) >= 11 is 0. The summed E-state index contributed by atoms with van der Waals surface area (Å²) in [5.41, 5.74) is 1.90. The highest BCUT2D eigenvalue weighted by atomic mass is 16.5. The summed E-state index contributed by atoms with van der Waals surface area (Å²) in [4.78, 5) is 18.4. The molecule has 1 aromatic heterocycles. The topological polar surface area (TPSA) is 67.6 Å². The maximum absolute atomic E-state index is 11.3. The number of carbonyl (C=O) groups is 1.